The van der Waals surface area contributed by atoms with Crippen molar-refractivity contribution in [1.29, 1.82) is 0 Å². The van der Waals surface area contributed by atoms with Gasteiger partial charge in [-0.15, -0.1) is 0 Å². The first-order chi connectivity index (χ1) is 6.49. The second-order valence-electron chi connectivity index (χ2n) is 3.67. The van der Waals surface area contributed by atoms with Crippen molar-refractivity contribution in [1.82, 2.24) is 4.90 Å². The Morgan fingerprint density at radius 1 is 1.43 bits per heavy atom. The normalized spacial score (nSPS) is 25.7. The summed E-state index contributed by atoms with van der Waals surface area (Å²) in [7, 11) is 3.15. The van der Waals surface area contributed by atoms with Gasteiger partial charge in [0.2, 0.25) is 0 Å². The molecule has 0 aromatic heterocycles. The second kappa shape index (κ2) is 6.30. The largest absolute Gasteiger partial charge is 0.383 e. The predicted molar refractivity (Wildman–Crippen MR) is 53.8 cm³/mol. The number of nitrogens with zero attached hydrogens (tertiary/aromatic N) is 1. The van der Waals surface area contributed by atoms with Crippen molar-refractivity contribution < 1.29 is 13.5 Å². The van der Waals surface area contributed by atoms with E-state index in [-0.39, 0.29) is 13.0 Å². The van der Waals surface area contributed by atoms with Crippen LogP contribution in [0.3, 0.4) is 0 Å². The standard InChI is InChI=1S/C7H13F2NO.C3H8/c1-10-4-3-7(8,9)6(10)5-11-2;1-3-2/h6H,3-5H2,1-2H3;3H2,1-2H3/t6-;/m1./s1. The highest BCUT2D eigenvalue weighted by molar-refractivity contribution is 4.91. The summed E-state index contributed by atoms with van der Waals surface area (Å²) in [5.74, 6) is -2.56. The van der Waals surface area contributed by atoms with Gasteiger partial charge < -0.3 is 4.74 Å². The molecule has 1 aliphatic heterocycles. The average molecular weight is 209 g/mol. The van der Waals surface area contributed by atoms with Crippen LogP contribution in [-0.2, 0) is 4.74 Å². The molecule has 14 heavy (non-hydrogen) atoms. The molecule has 1 heterocycles. The topological polar surface area (TPSA) is 12.5 Å². The lowest BCUT2D eigenvalue weighted by atomic mass is 10.2. The van der Waals surface area contributed by atoms with Gasteiger partial charge in [0.25, 0.3) is 5.92 Å². The molecule has 0 saturated carbocycles. The fraction of sp³-hybridized carbons (Fsp3) is 1.00. The number of methoxy groups -OCH3 is 1. The zero-order chi connectivity index (χ0) is 11.2. The molecular weight excluding hydrogens is 188 g/mol. The molecule has 1 aliphatic rings. The molecule has 0 N–H and O–H groups in total. The van der Waals surface area contributed by atoms with E-state index in [0.29, 0.717) is 6.54 Å². The van der Waals surface area contributed by atoms with Gasteiger partial charge in [0.15, 0.2) is 0 Å². The first-order valence-electron chi connectivity index (χ1n) is 5.06. The minimum atomic E-state index is -2.56. The zero-order valence-corrected chi connectivity index (χ0v) is 9.52. The summed E-state index contributed by atoms with van der Waals surface area (Å²) in [5.41, 5.74) is 0. The highest BCUT2D eigenvalue weighted by Gasteiger charge is 2.47. The third-order valence-electron chi connectivity index (χ3n) is 2.14. The van der Waals surface area contributed by atoms with Gasteiger partial charge in [-0.05, 0) is 7.05 Å². The molecule has 0 bridgehead atoms. The number of hydrogen-bond donors (Lipinski definition) is 0. The Labute approximate surface area is 85.2 Å². The summed E-state index contributed by atoms with van der Waals surface area (Å²) in [5, 5.41) is 0. The van der Waals surface area contributed by atoms with Crippen LogP contribution >= 0.6 is 0 Å². The van der Waals surface area contributed by atoms with E-state index in [9.17, 15) is 8.78 Å². The Morgan fingerprint density at radius 2 is 1.93 bits per heavy atom. The summed E-state index contributed by atoms with van der Waals surface area (Å²) < 4.78 is 30.6. The van der Waals surface area contributed by atoms with Crippen LogP contribution in [0.4, 0.5) is 8.78 Å². The molecule has 2 nitrogen and oxygen atoms in total. The molecule has 1 fully saturated rings. The van der Waals surface area contributed by atoms with Crippen LogP contribution in [0, 0.1) is 0 Å². The van der Waals surface area contributed by atoms with Gasteiger partial charge in [0, 0.05) is 20.1 Å². The average Bonchev–Trinajstić information content (AvgIpc) is 2.34. The Balaban J connectivity index is 0.000000500. The number of halogens is 2. The molecule has 0 aliphatic carbocycles. The molecule has 0 radical (unpaired) electrons. The number of ether oxygens (including phenoxy) is 1. The van der Waals surface area contributed by atoms with Crippen LogP contribution in [0.1, 0.15) is 26.7 Å². The summed E-state index contributed by atoms with van der Waals surface area (Å²) >= 11 is 0. The molecule has 1 atom stereocenters. The van der Waals surface area contributed by atoms with Crippen LogP contribution in [0.15, 0.2) is 0 Å². The number of alkyl halides is 2. The van der Waals surface area contributed by atoms with Gasteiger partial charge in [-0.25, -0.2) is 8.78 Å². The van der Waals surface area contributed by atoms with Gasteiger partial charge in [0.05, 0.1) is 12.6 Å². The van der Waals surface area contributed by atoms with Crippen LogP contribution in [-0.4, -0.2) is 44.2 Å². The number of rotatable bonds is 2. The lowest BCUT2D eigenvalue weighted by Gasteiger charge is -2.23. The third-order valence-corrected chi connectivity index (χ3v) is 2.14. The maximum atomic E-state index is 12.9. The first kappa shape index (κ1) is 13.8. The van der Waals surface area contributed by atoms with E-state index in [2.05, 4.69) is 13.8 Å². The molecule has 0 unspecified atom stereocenters. The maximum absolute atomic E-state index is 12.9. The third kappa shape index (κ3) is 3.88. The highest BCUT2D eigenvalue weighted by Crippen LogP contribution is 2.32. The summed E-state index contributed by atoms with van der Waals surface area (Å²) in [6.07, 6.45) is 1.21. The molecule has 0 aromatic rings. The Hall–Kier alpha value is -0.220. The van der Waals surface area contributed by atoms with Gasteiger partial charge in [-0.3, -0.25) is 4.90 Å². The fourth-order valence-electron chi connectivity index (χ4n) is 1.38. The lowest BCUT2D eigenvalue weighted by Crippen LogP contribution is -2.40. The van der Waals surface area contributed by atoms with Crippen molar-refractivity contribution in [3.05, 3.63) is 0 Å². The minimum absolute atomic E-state index is 0.0441. The van der Waals surface area contributed by atoms with E-state index in [1.807, 2.05) is 0 Å². The molecule has 1 rings (SSSR count). The van der Waals surface area contributed by atoms with E-state index < -0.39 is 12.0 Å². The molecule has 1 saturated heterocycles. The maximum Gasteiger partial charge on any atom is 0.266 e. The Morgan fingerprint density at radius 3 is 2.21 bits per heavy atom. The van der Waals surface area contributed by atoms with Crippen molar-refractivity contribution in [2.45, 2.75) is 38.7 Å². The van der Waals surface area contributed by atoms with Crippen molar-refractivity contribution >= 4 is 0 Å². The van der Waals surface area contributed by atoms with Crippen LogP contribution < -0.4 is 0 Å². The SMILES string of the molecule is CCC.COC[C@H]1N(C)CCC1(F)F. The summed E-state index contributed by atoms with van der Waals surface area (Å²) in [6, 6.07) is -0.729. The number of likely N-dealkylation sites (tertiary alicyclic amines) is 1. The first-order valence-corrected chi connectivity index (χ1v) is 5.06. The lowest BCUT2D eigenvalue weighted by molar-refractivity contribution is -0.0536. The smallest absolute Gasteiger partial charge is 0.266 e. The summed E-state index contributed by atoms with van der Waals surface area (Å²) in [4.78, 5) is 1.64. The van der Waals surface area contributed by atoms with Crippen LogP contribution in [0.5, 0.6) is 0 Å². The zero-order valence-electron chi connectivity index (χ0n) is 9.52. The van der Waals surface area contributed by atoms with Crippen molar-refractivity contribution in [2.24, 2.45) is 0 Å². The summed E-state index contributed by atoms with van der Waals surface area (Å²) in [6.45, 7) is 4.82. The number of likely N-dealkylation sites (N-methyl/N-ethyl adjacent to an activating group) is 1. The van der Waals surface area contributed by atoms with Crippen LogP contribution in [0.25, 0.3) is 0 Å². The van der Waals surface area contributed by atoms with Crippen LogP contribution in [0.2, 0.25) is 0 Å². The number of hydrogen-bond acceptors (Lipinski definition) is 2. The quantitative estimate of drug-likeness (QED) is 0.692. The molecular formula is C10H21F2NO. The van der Waals surface area contributed by atoms with Gasteiger partial charge >= 0.3 is 0 Å². The molecule has 0 spiro atoms. The predicted octanol–water partition coefficient (Wildman–Crippen LogP) is 2.39. The highest BCUT2D eigenvalue weighted by atomic mass is 19.3. The Kier molecular flexibility index (Phi) is 6.20. The van der Waals surface area contributed by atoms with Crippen molar-refractivity contribution in [2.75, 3.05) is 27.3 Å². The van der Waals surface area contributed by atoms with Gasteiger partial charge in [-0.2, -0.15) is 0 Å². The molecule has 0 amide bonds. The Bertz CT molecular complexity index is 153. The molecule has 4 heteroatoms. The van der Waals surface area contributed by atoms with Gasteiger partial charge in [0.1, 0.15) is 0 Å². The fourth-order valence-corrected chi connectivity index (χ4v) is 1.38. The van der Waals surface area contributed by atoms with Gasteiger partial charge in [-0.1, -0.05) is 20.3 Å². The minimum Gasteiger partial charge on any atom is -0.383 e. The molecule has 0 aromatic carbocycles. The second-order valence-corrected chi connectivity index (χ2v) is 3.67. The van der Waals surface area contributed by atoms with E-state index in [1.54, 1.807) is 11.9 Å². The van der Waals surface area contributed by atoms with E-state index in [1.165, 1.54) is 13.5 Å². The monoisotopic (exact) mass is 209 g/mol. The van der Waals surface area contributed by atoms with E-state index >= 15 is 0 Å². The van der Waals surface area contributed by atoms with Crippen molar-refractivity contribution in [3.8, 4) is 0 Å². The molecule has 86 valence electrons. The van der Waals surface area contributed by atoms with Crippen molar-refractivity contribution in [3.63, 3.8) is 0 Å². The van der Waals surface area contributed by atoms with E-state index in [4.69, 9.17) is 4.74 Å². The van der Waals surface area contributed by atoms with E-state index in [0.717, 1.165) is 0 Å².